The summed E-state index contributed by atoms with van der Waals surface area (Å²) >= 11 is 5.93. The molecule has 0 saturated carbocycles. The summed E-state index contributed by atoms with van der Waals surface area (Å²) in [4.78, 5) is 0.332. The Bertz CT molecular complexity index is 1310. The van der Waals surface area contributed by atoms with E-state index >= 15 is 0 Å². The molecule has 1 saturated heterocycles. The zero-order chi connectivity index (χ0) is 22.2. The number of fused-ring (bicyclic) bond motifs is 1. The van der Waals surface area contributed by atoms with Gasteiger partial charge in [-0.05, 0) is 48.9 Å². The average Bonchev–Trinajstić information content (AvgIpc) is 3.16. The molecule has 2 heterocycles. The van der Waals surface area contributed by atoms with Crippen LogP contribution in [0.15, 0.2) is 64.5 Å². The molecule has 0 radical (unpaired) electrons. The van der Waals surface area contributed by atoms with Crippen molar-refractivity contribution >= 4 is 42.6 Å². The van der Waals surface area contributed by atoms with E-state index in [1.165, 1.54) is 20.7 Å². The highest BCUT2D eigenvalue weighted by Crippen LogP contribution is 2.26. The average molecular weight is 482 g/mol. The third-order valence-electron chi connectivity index (χ3n) is 5.48. The van der Waals surface area contributed by atoms with Crippen LogP contribution in [0.4, 0.5) is 0 Å². The second-order valence-electron chi connectivity index (χ2n) is 7.50. The van der Waals surface area contributed by atoms with Crippen LogP contribution in [0.1, 0.15) is 13.3 Å². The van der Waals surface area contributed by atoms with Gasteiger partial charge in [0, 0.05) is 54.8 Å². The van der Waals surface area contributed by atoms with Crippen LogP contribution < -0.4 is 0 Å². The van der Waals surface area contributed by atoms with E-state index in [-0.39, 0.29) is 36.0 Å². The summed E-state index contributed by atoms with van der Waals surface area (Å²) in [5.41, 5.74) is 0.998. The first-order valence-corrected chi connectivity index (χ1v) is 13.3. The fraction of sp³-hybridized carbons (Fsp3) is 0.333. The maximum Gasteiger partial charge on any atom is 0.243 e. The van der Waals surface area contributed by atoms with Gasteiger partial charge in [0.2, 0.25) is 20.0 Å². The van der Waals surface area contributed by atoms with Crippen molar-refractivity contribution in [3.63, 3.8) is 0 Å². The highest BCUT2D eigenvalue weighted by Gasteiger charge is 2.34. The SMILES string of the molecule is CCCn1ccc2cc(S(=O)(=O)N3CCN(S(=O)(=O)c4cccc(Cl)c4)CC3)ccc21. The molecule has 1 aromatic heterocycles. The van der Waals surface area contributed by atoms with Gasteiger partial charge in [-0.2, -0.15) is 8.61 Å². The van der Waals surface area contributed by atoms with E-state index < -0.39 is 20.0 Å². The van der Waals surface area contributed by atoms with Gasteiger partial charge >= 0.3 is 0 Å². The standard InChI is InChI=1S/C21H24ClN3O4S2/c1-2-9-23-10-8-17-15-20(6-7-21(17)23)31(28,29)25-13-11-24(12-14-25)30(26,27)19-5-3-4-18(22)16-19/h3-8,10,15-16H,2,9,11-14H2,1H3. The number of piperazine rings is 1. The molecule has 7 nitrogen and oxygen atoms in total. The minimum absolute atomic E-state index is 0.0865. The molecule has 3 aromatic rings. The van der Waals surface area contributed by atoms with E-state index in [1.54, 1.807) is 24.3 Å². The molecule has 10 heteroatoms. The van der Waals surface area contributed by atoms with E-state index in [0.29, 0.717) is 5.02 Å². The summed E-state index contributed by atoms with van der Waals surface area (Å²) < 4.78 is 56.8. The smallest absolute Gasteiger partial charge is 0.243 e. The Hall–Kier alpha value is -1.91. The van der Waals surface area contributed by atoms with Gasteiger partial charge in [-0.15, -0.1) is 0 Å². The molecule has 166 valence electrons. The maximum atomic E-state index is 13.2. The van der Waals surface area contributed by atoms with Crippen molar-refractivity contribution < 1.29 is 16.8 Å². The fourth-order valence-electron chi connectivity index (χ4n) is 3.85. The molecule has 1 aliphatic heterocycles. The van der Waals surface area contributed by atoms with Gasteiger partial charge < -0.3 is 4.57 Å². The monoisotopic (exact) mass is 481 g/mol. The molecule has 0 amide bonds. The summed E-state index contributed by atoms with van der Waals surface area (Å²) in [6.45, 7) is 3.33. The molecule has 0 N–H and O–H groups in total. The van der Waals surface area contributed by atoms with Crippen molar-refractivity contribution in [2.75, 3.05) is 26.2 Å². The number of aromatic nitrogens is 1. The zero-order valence-electron chi connectivity index (χ0n) is 17.1. The Morgan fingerprint density at radius 3 is 2.03 bits per heavy atom. The molecule has 0 aliphatic carbocycles. The minimum atomic E-state index is -3.73. The van der Waals surface area contributed by atoms with Gasteiger partial charge in [-0.1, -0.05) is 24.6 Å². The molecule has 2 aromatic carbocycles. The highest BCUT2D eigenvalue weighted by atomic mass is 35.5. The van der Waals surface area contributed by atoms with E-state index in [2.05, 4.69) is 11.5 Å². The quantitative estimate of drug-likeness (QED) is 0.540. The van der Waals surface area contributed by atoms with Crippen LogP contribution in [0, 0.1) is 0 Å². The minimum Gasteiger partial charge on any atom is -0.347 e. The molecule has 0 unspecified atom stereocenters. The van der Waals surface area contributed by atoms with Crippen molar-refractivity contribution in [3.05, 3.63) is 59.8 Å². The lowest BCUT2D eigenvalue weighted by Gasteiger charge is -2.33. The molecular formula is C21H24ClN3O4S2. The second kappa shape index (κ2) is 8.55. The third-order valence-corrected chi connectivity index (χ3v) is 9.50. The predicted molar refractivity (Wildman–Crippen MR) is 121 cm³/mol. The second-order valence-corrected chi connectivity index (χ2v) is 11.8. The van der Waals surface area contributed by atoms with Crippen LogP contribution in [-0.2, 0) is 26.6 Å². The van der Waals surface area contributed by atoms with E-state index in [0.717, 1.165) is 23.9 Å². The van der Waals surface area contributed by atoms with Crippen LogP contribution >= 0.6 is 11.6 Å². The van der Waals surface area contributed by atoms with Gasteiger partial charge in [-0.25, -0.2) is 16.8 Å². The largest absolute Gasteiger partial charge is 0.347 e. The van der Waals surface area contributed by atoms with Gasteiger partial charge in [-0.3, -0.25) is 0 Å². The summed E-state index contributed by atoms with van der Waals surface area (Å²) in [7, 11) is -7.44. The van der Waals surface area contributed by atoms with Crippen molar-refractivity contribution in [1.82, 2.24) is 13.2 Å². The molecule has 0 bridgehead atoms. The van der Waals surface area contributed by atoms with Crippen LogP contribution in [0.5, 0.6) is 0 Å². The molecule has 1 fully saturated rings. The lowest BCUT2D eigenvalue weighted by Crippen LogP contribution is -2.50. The Morgan fingerprint density at radius 2 is 1.45 bits per heavy atom. The van der Waals surface area contributed by atoms with Crippen LogP contribution in [0.25, 0.3) is 10.9 Å². The van der Waals surface area contributed by atoms with E-state index in [9.17, 15) is 16.8 Å². The van der Waals surface area contributed by atoms with Gasteiger partial charge in [0.15, 0.2) is 0 Å². The zero-order valence-corrected chi connectivity index (χ0v) is 19.5. The first-order chi connectivity index (χ1) is 14.7. The number of halogens is 1. The summed E-state index contributed by atoms with van der Waals surface area (Å²) in [5.74, 6) is 0. The maximum absolute atomic E-state index is 13.2. The Morgan fingerprint density at radius 1 is 0.839 bits per heavy atom. The number of rotatable bonds is 6. The number of sulfonamides is 2. The Balaban J connectivity index is 1.52. The van der Waals surface area contributed by atoms with Crippen LogP contribution in [0.2, 0.25) is 5.02 Å². The number of hydrogen-bond acceptors (Lipinski definition) is 4. The summed E-state index contributed by atoms with van der Waals surface area (Å²) in [6, 6.07) is 13.1. The molecular weight excluding hydrogens is 458 g/mol. The van der Waals surface area contributed by atoms with E-state index in [4.69, 9.17) is 11.6 Å². The van der Waals surface area contributed by atoms with Crippen molar-refractivity contribution in [2.45, 2.75) is 29.7 Å². The van der Waals surface area contributed by atoms with E-state index in [1.807, 2.05) is 18.3 Å². The predicted octanol–water partition coefficient (Wildman–Crippen LogP) is 3.40. The Labute approximate surface area is 187 Å². The fourth-order valence-corrected chi connectivity index (χ4v) is 7.03. The molecule has 4 rings (SSSR count). The molecule has 1 aliphatic rings. The molecule has 0 atom stereocenters. The van der Waals surface area contributed by atoms with Crippen LogP contribution in [-0.4, -0.2) is 56.2 Å². The normalized spacial score (nSPS) is 16.7. The van der Waals surface area contributed by atoms with Gasteiger partial charge in [0.25, 0.3) is 0 Å². The number of benzene rings is 2. The van der Waals surface area contributed by atoms with Crippen molar-refractivity contribution in [3.8, 4) is 0 Å². The topological polar surface area (TPSA) is 79.7 Å². The third kappa shape index (κ3) is 4.25. The van der Waals surface area contributed by atoms with Gasteiger partial charge in [0.1, 0.15) is 0 Å². The lowest BCUT2D eigenvalue weighted by atomic mass is 10.2. The number of nitrogens with zero attached hydrogens (tertiary/aromatic N) is 3. The summed E-state index contributed by atoms with van der Waals surface area (Å²) in [5, 5.41) is 1.21. The molecule has 31 heavy (non-hydrogen) atoms. The Kier molecular flexibility index (Phi) is 6.15. The first-order valence-electron chi connectivity index (χ1n) is 10.1. The highest BCUT2D eigenvalue weighted by molar-refractivity contribution is 7.89. The number of aryl methyl sites for hydroxylation is 1. The molecule has 0 spiro atoms. The first kappa shape index (κ1) is 22.3. The lowest BCUT2D eigenvalue weighted by molar-refractivity contribution is 0.273. The van der Waals surface area contributed by atoms with Crippen molar-refractivity contribution in [1.29, 1.82) is 0 Å². The van der Waals surface area contributed by atoms with Gasteiger partial charge in [0.05, 0.1) is 9.79 Å². The number of hydrogen-bond donors (Lipinski definition) is 0. The summed E-state index contributed by atoms with van der Waals surface area (Å²) in [6.07, 6.45) is 2.95. The van der Waals surface area contributed by atoms with Crippen molar-refractivity contribution in [2.24, 2.45) is 0 Å². The van der Waals surface area contributed by atoms with Crippen LogP contribution in [0.3, 0.4) is 0 Å².